The van der Waals surface area contributed by atoms with Gasteiger partial charge in [0, 0.05) is 22.0 Å². The van der Waals surface area contributed by atoms with E-state index in [-0.39, 0.29) is 0 Å². The molecule has 0 spiro atoms. The average molecular weight is 299 g/mol. The number of fused-ring (bicyclic) bond motifs is 1. The SMILES string of the molecule is Cc1csc(COc2c(C(C)O)ccc3ccccc23)n1. The third kappa shape index (κ3) is 2.91. The van der Waals surface area contributed by atoms with E-state index in [4.69, 9.17) is 4.74 Å². The van der Waals surface area contributed by atoms with E-state index in [1.54, 1.807) is 18.3 Å². The van der Waals surface area contributed by atoms with E-state index in [9.17, 15) is 5.11 Å². The zero-order chi connectivity index (χ0) is 14.8. The van der Waals surface area contributed by atoms with Crippen molar-refractivity contribution >= 4 is 22.1 Å². The smallest absolute Gasteiger partial charge is 0.140 e. The van der Waals surface area contributed by atoms with Crippen molar-refractivity contribution in [3.63, 3.8) is 0 Å². The van der Waals surface area contributed by atoms with Crippen molar-refractivity contribution in [2.24, 2.45) is 0 Å². The topological polar surface area (TPSA) is 42.4 Å². The number of hydrogen-bond donors (Lipinski definition) is 1. The third-order valence-corrected chi connectivity index (χ3v) is 4.31. The van der Waals surface area contributed by atoms with Gasteiger partial charge in [-0.25, -0.2) is 4.98 Å². The monoisotopic (exact) mass is 299 g/mol. The first-order valence-electron chi connectivity index (χ1n) is 6.88. The van der Waals surface area contributed by atoms with Gasteiger partial charge in [0.05, 0.1) is 6.10 Å². The minimum atomic E-state index is -0.567. The molecule has 0 aliphatic rings. The van der Waals surface area contributed by atoms with Crippen molar-refractivity contribution in [2.75, 3.05) is 0 Å². The molecule has 1 unspecified atom stereocenters. The number of hydrogen-bond acceptors (Lipinski definition) is 4. The van der Waals surface area contributed by atoms with Crippen LogP contribution in [0, 0.1) is 6.92 Å². The summed E-state index contributed by atoms with van der Waals surface area (Å²) in [5, 5.41) is 15.0. The molecule has 0 amide bonds. The average Bonchev–Trinajstić information content (AvgIpc) is 2.90. The van der Waals surface area contributed by atoms with Crippen LogP contribution in [-0.4, -0.2) is 10.1 Å². The summed E-state index contributed by atoms with van der Waals surface area (Å²) in [5.41, 5.74) is 1.81. The number of aliphatic hydroxyl groups is 1. The van der Waals surface area contributed by atoms with Crippen molar-refractivity contribution in [2.45, 2.75) is 26.6 Å². The van der Waals surface area contributed by atoms with Crippen molar-refractivity contribution in [3.8, 4) is 5.75 Å². The molecule has 0 radical (unpaired) electrons. The fourth-order valence-corrected chi connectivity index (χ4v) is 3.04. The van der Waals surface area contributed by atoms with E-state index in [2.05, 4.69) is 4.98 Å². The van der Waals surface area contributed by atoms with Gasteiger partial charge < -0.3 is 9.84 Å². The van der Waals surface area contributed by atoms with Gasteiger partial charge in [-0.2, -0.15) is 0 Å². The molecule has 2 aromatic carbocycles. The molecule has 0 bridgehead atoms. The molecular weight excluding hydrogens is 282 g/mol. The second-order valence-electron chi connectivity index (χ2n) is 5.05. The van der Waals surface area contributed by atoms with Crippen LogP contribution in [0.15, 0.2) is 41.8 Å². The highest BCUT2D eigenvalue weighted by molar-refractivity contribution is 7.09. The standard InChI is InChI=1S/C17H17NO2S/c1-11-10-21-16(18-11)9-20-17-14(12(2)19)8-7-13-5-3-4-6-15(13)17/h3-8,10,12,19H,9H2,1-2H3. The third-order valence-electron chi connectivity index (χ3n) is 3.37. The number of aliphatic hydroxyl groups excluding tert-OH is 1. The molecule has 1 aromatic heterocycles. The molecule has 0 fully saturated rings. The summed E-state index contributed by atoms with van der Waals surface area (Å²) < 4.78 is 6.00. The molecule has 0 aliphatic heterocycles. The van der Waals surface area contributed by atoms with Gasteiger partial charge in [-0.05, 0) is 19.2 Å². The van der Waals surface area contributed by atoms with Gasteiger partial charge in [0.2, 0.25) is 0 Å². The van der Waals surface area contributed by atoms with Gasteiger partial charge >= 0.3 is 0 Å². The van der Waals surface area contributed by atoms with Gasteiger partial charge in [0.15, 0.2) is 0 Å². The molecular formula is C17H17NO2S. The summed E-state index contributed by atoms with van der Waals surface area (Å²) in [7, 11) is 0. The lowest BCUT2D eigenvalue weighted by Gasteiger charge is -2.15. The highest BCUT2D eigenvalue weighted by Gasteiger charge is 2.13. The number of thiazole rings is 1. The molecule has 4 heteroatoms. The van der Waals surface area contributed by atoms with E-state index < -0.39 is 6.10 Å². The molecule has 108 valence electrons. The summed E-state index contributed by atoms with van der Waals surface area (Å²) in [6.07, 6.45) is -0.567. The highest BCUT2D eigenvalue weighted by Crippen LogP contribution is 2.34. The van der Waals surface area contributed by atoms with E-state index >= 15 is 0 Å². The lowest BCUT2D eigenvalue weighted by molar-refractivity contribution is 0.190. The highest BCUT2D eigenvalue weighted by atomic mass is 32.1. The van der Waals surface area contributed by atoms with Crippen molar-refractivity contribution in [1.82, 2.24) is 4.98 Å². The van der Waals surface area contributed by atoms with E-state index in [0.29, 0.717) is 6.61 Å². The summed E-state index contributed by atoms with van der Waals surface area (Å²) in [4.78, 5) is 4.41. The van der Waals surface area contributed by atoms with Crippen LogP contribution in [0.5, 0.6) is 5.75 Å². The van der Waals surface area contributed by atoms with Gasteiger partial charge in [-0.3, -0.25) is 0 Å². The maximum Gasteiger partial charge on any atom is 0.140 e. The van der Waals surface area contributed by atoms with Gasteiger partial charge in [0.25, 0.3) is 0 Å². The summed E-state index contributed by atoms with van der Waals surface area (Å²) in [6.45, 7) is 4.15. The van der Waals surface area contributed by atoms with E-state index in [1.807, 2.05) is 48.7 Å². The summed E-state index contributed by atoms with van der Waals surface area (Å²) >= 11 is 1.59. The first kappa shape index (κ1) is 14.0. The molecule has 3 rings (SSSR count). The lowest BCUT2D eigenvalue weighted by atomic mass is 10.0. The van der Waals surface area contributed by atoms with Crippen LogP contribution in [-0.2, 0) is 6.61 Å². The van der Waals surface area contributed by atoms with Gasteiger partial charge in [-0.1, -0.05) is 36.4 Å². The molecule has 1 atom stereocenters. The lowest BCUT2D eigenvalue weighted by Crippen LogP contribution is -2.01. The Bertz CT molecular complexity index is 764. The molecule has 0 aliphatic carbocycles. The van der Waals surface area contributed by atoms with Crippen molar-refractivity contribution < 1.29 is 9.84 Å². The van der Waals surface area contributed by atoms with Gasteiger partial charge in [-0.15, -0.1) is 11.3 Å². The fraction of sp³-hybridized carbons (Fsp3) is 0.235. The van der Waals surface area contributed by atoms with Crippen LogP contribution in [0.2, 0.25) is 0 Å². The van der Waals surface area contributed by atoms with Crippen LogP contribution in [0.3, 0.4) is 0 Å². The largest absolute Gasteiger partial charge is 0.485 e. The molecule has 1 heterocycles. The van der Waals surface area contributed by atoms with E-state index in [0.717, 1.165) is 32.8 Å². The number of aromatic nitrogens is 1. The minimum Gasteiger partial charge on any atom is -0.485 e. The molecule has 0 saturated carbocycles. The molecule has 3 nitrogen and oxygen atoms in total. The maximum absolute atomic E-state index is 9.97. The Balaban J connectivity index is 1.99. The number of benzene rings is 2. The molecule has 3 aromatic rings. The zero-order valence-corrected chi connectivity index (χ0v) is 12.9. The maximum atomic E-state index is 9.97. The second kappa shape index (κ2) is 5.84. The Morgan fingerprint density at radius 1 is 1.24 bits per heavy atom. The second-order valence-corrected chi connectivity index (χ2v) is 5.99. The zero-order valence-electron chi connectivity index (χ0n) is 12.0. The molecule has 0 saturated heterocycles. The number of ether oxygens (including phenoxy) is 1. The fourth-order valence-electron chi connectivity index (χ4n) is 2.35. The Labute approximate surface area is 127 Å². The Kier molecular flexibility index (Phi) is 3.90. The molecule has 21 heavy (non-hydrogen) atoms. The van der Waals surface area contributed by atoms with Crippen LogP contribution < -0.4 is 4.74 Å². The van der Waals surface area contributed by atoms with E-state index in [1.165, 1.54) is 0 Å². The minimum absolute atomic E-state index is 0.423. The summed E-state index contributed by atoms with van der Waals surface area (Å²) in [6, 6.07) is 12.0. The van der Waals surface area contributed by atoms with Gasteiger partial charge in [0.1, 0.15) is 17.4 Å². The van der Waals surface area contributed by atoms with Crippen LogP contribution >= 0.6 is 11.3 Å². The van der Waals surface area contributed by atoms with Crippen LogP contribution in [0.25, 0.3) is 10.8 Å². The Morgan fingerprint density at radius 3 is 2.76 bits per heavy atom. The number of nitrogens with zero attached hydrogens (tertiary/aromatic N) is 1. The summed E-state index contributed by atoms with van der Waals surface area (Å²) in [5.74, 6) is 0.746. The normalized spacial score (nSPS) is 12.5. The first-order valence-corrected chi connectivity index (χ1v) is 7.76. The molecule has 1 N–H and O–H groups in total. The van der Waals surface area contributed by atoms with Crippen LogP contribution in [0.4, 0.5) is 0 Å². The first-order chi connectivity index (χ1) is 10.1. The Hall–Kier alpha value is -1.91. The number of aryl methyl sites for hydroxylation is 1. The number of rotatable bonds is 4. The van der Waals surface area contributed by atoms with Crippen molar-refractivity contribution in [3.05, 3.63) is 58.0 Å². The van der Waals surface area contributed by atoms with Crippen molar-refractivity contribution in [1.29, 1.82) is 0 Å². The Morgan fingerprint density at radius 2 is 2.05 bits per heavy atom. The van der Waals surface area contributed by atoms with Crippen LogP contribution in [0.1, 0.15) is 29.3 Å². The predicted octanol–water partition coefficient (Wildman–Crippen LogP) is 4.24. The predicted molar refractivity (Wildman–Crippen MR) is 85.8 cm³/mol. The quantitative estimate of drug-likeness (QED) is 0.783.